The molecule has 2 aromatic carbocycles. The SMILES string of the molecule is CC(=O)Nc1[nH]c2cccc(C(C)C#N)c2c1CCN1C(=O)c2ccccc2C1=O. The van der Waals surface area contributed by atoms with Gasteiger partial charge in [0.05, 0.1) is 23.1 Å². The highest BCUT2D eigenvalue weighted by molar-refractivity contribution is 6.21. The van der Waals surface area contributed by atoms with Crippen LogP contribution < -0.4 is 5.32 Å². The van der Waals surface area contributed by atoms with Crippen molar-refractivity contribution in [2.75, 3.05) is 11.9 Å². The topological polar surface area (TPSA) is 106 Å². The Bertz CT molecular complexity index is 1200. The summed E-state index contributed by atoms with van der Waals surface area (Å²) in [4.78, 5) is 41.6. The van der Waals surface area contributed by atoms with Crippen LogP contribution in [0.15, 0.2) is 42.5 Å². The fourth-order valence-electron chi connectivity index (χ4n) is 3.98. The number of aromatic nitrogens is 1. The van der Waals surface area contributed by atoms with E-state index < -0.39 is 0 Å². The van der Waals surface area contributed by atoms with Gasteiger partial charge < -0.3 is 10.3 Å². The molecule has 1 aromatic heterocycles. The Labute approximate surface area is 173 Å². The van der Waals surface area contributed by atoms with Gasteiger partial charge in [-0.2, -0.15) is 5.26 Å². The maximum absolute atomic E-state index is 12.7. The summed E-state index contributed by atoms with van der Waals surface area (Å²) in [6.45, 7) is 3.40. The molecule has 2 N–H and O–H groups in total. The fourth-order valence-corrected chi connectivity index (χ4v) is 3.98. The number of hydrogen-bond donors (Lipinski definition) is 2. The number of carbonyl (C=O) groups excluding carboxylic acids is 3. The Kier molecular flexibility index (Phi) is 4.84. The van der Waals surface area contributed by atoms with E-state index in [9.17, 15) is 19.6 Å². The standard InChI is InChI=1S/C23H20N4O3/c1-13(12-24)15-8-5-9-19-20(15)18(21(26-19)25-14(2)28)10-11-27-22(29)16-6-3-4-7-17(16)23(27)30/h3-9,13,26H,10-11H2,1-2H3,(H,25,28). The number of fused-ring (bicyclic) bond motifs is 2. The Morgan fingerprint density at radius 3 is 2.40 bits per heavy atom. The summed E-state index contributed by atoms with van der Waals surface area (Å²) in [7, 11) is 0. The molecule has 0 saturated carbocycles. The van der Waals surface area contributed by atoms with Gasteiger partial charge in [-0.15, -0.1) is 0 Å². The molecule has 1 unspecified atom stereocenters. The first-order valence-electron chi connectivity index (χ1n) is 9.68. The van der Waals surface area contributed by atoms with Crippen molar-refractivity contribution in [3.63, 3.8) is 0 Å². The van der Waals surface area contributed by atoms with Crippen LogP contribution in [0.5, 0.6) is 0 Å². The van der Waals surface area contributed by atoms with Crippen molar-refractivity contribution in [1.82, 2.24) is 9.88 Å². The van der Waals surface area contributed by atoms with Crippen LogP contribution in [0.1, 0.15) is 51.6 Å². The van der Waals surface area contributed by atoms with Gasteiger partial charge in [0.1, 0.15) is 5.82 Å². The normalized spacial score (nSPS) is 14.0. The molecule has 4 rings (SSSR count). The molecule has 0 bridgehead atoms. The number of hydrogen-bond acceptors (Lipinski definition) is 4. The van der Waals surface area contributed by atoms with Crippen LogP contribution >= 0.6 is 0 Å². The number of anilines is 1. The van der Waals surface area contributed by atoms with Gasteiger partial charge in [-0.25, -0.2) is 0 Å². The molecule has 3 amide bonds. The number of H-pyrrole nitrogens is 1. The van der Waals surface area contributed by atoms with Crippen molar-refractivity contribution in [2.24, 2.45) is 0 Å². The average molecular weight is 400 g/mol. The first-order chi connectivity index (χ1) is 14.4. The van der Waals surface area contributed by atoms with E-state index in [0.29, 0.717) is 23.4 Å². The number of nitriles is 1. The van der Waals surface area contributed by atoms with Crippen molar-refractivity contribution in [3.8, 4) is 6.07 Å². The number of benzene rings is 2. The zero-order valence-electron chi connectivity index (χ0n) is 16.7. The number of aromatic amines is 1. The molecular formula is C23H20N4O3. The summed E-state index contributed by atoms with van der Waals surface area (Å²) in [6, 6.07) is 14.6. The van der Waals surface area contributed by atoms with Gasteiger partial charge in [0.2, 0.25) is 5.91 Å². The lowest BCUT2D eigenvalue weighted by Crippen LogP contribution is -2.31. The molecule has 3 aromatic rings. The number of carbonyl (C=O) groups is 3. The summed E-state index contributed by atoms with van der Waals surface area (Å²) >= 11 is 0. The number of imide groups is 1. The lowest BCUT2D eigenvalue weighted by molar-refractivity contribution is -0.114. The fraction of sp³-hybridized carbons (Fsp3) is 0.217. The zero-order chi connectivity index (χ0) is 21.4. The maximum atomic E-state index is 12.7. The number of amides is 3. The summed E-state index contributed by atoms with van der Waals surface area (Å²) in [5, 5.41) is 13.1. The monoisotopic (exact) mass is 400 g/mol. The molecule has 2 heterocycles. The van der Waals surface area contributed by atoms with E-state index in [1.165, 1.54) is 11.8 Å². The summed E-state index contributed by atoms with van der Waals surface area (Å²) < 4.78 is 0. The lowest BCUT2D eigenvalue weighted by atomic mass is 9.95. The largest absolute Gasteiger partial charge is 0.341 e. The summed E-state index contributed by atoms with van der Waals surface area (Å²) in [6.07, 6.45) is 0.343. The van der Waals surface area contributed by atoms with E-state index in [2.05, 4.69) is 16.4 Å². The Morgan fingerprint density at radius 2 is 1.80 bits per heavy atom. The quantitative estimate of drug-likeness (QED) is 0.638. The van der Waals surface area contributed by atoms with E-state index >= 15 is 0 Å². The highest BCUT2D eigenvalue weighted by Crippen LogP contribution is 2.34. The first kappa shape index (κ1) is 19.4. The van der Waals surface area contributed by atoms with E-state index in [1.54, 1.807) is 24.3 Å². The summed E-state index contributed by atoms with van der Waals surface area (Å²) in [5.74, 6) is -0.706. The molecule has 1 aliphatic heterocycles. The molecule has 0 spiro atoms. The van der Waals surface area contributed by atoms with Crippen molar-refractivity contribution in [3.05, 3.63) is 64.7 Å². The molecule has 0 fully saturated rings. The molecular weight excluding hydrogens is 380 g/mol. The number of nitrogens with one attached hydrogen (secondary N) is 2. The third kappa shape index (κ3) is 3.12. The van der Waals surface area contributed by atoms with Crippen LogP contribution in [0, 0.1) is 11.3 Å². The third-order valence-electron chi connectivity index (χ3n) is 5.38. The summed E-state index contributed by atoms with van der Waals surface area (Å²) in [5.41, 5.74) is 3.20. The smallest absolute Gasteiger partial charge is 0.261 e. The van der Waals surface area contributed by atoms with Crippen molar-refractivity contribution in [1.29, 1.82) is 5.26 Å². The van der Waals surface area contributed by atoms with Gasteiger partial charge in [0, 0.05) is 29.9 Å². The van der Waals surface area contributed by atoms with Crippen LogP contribution in [0.4, 0.5) is 5.82 Å². The minimum absolute atomic E-state index is 0.168. The van der Waals surface area contributed by atoms with Crippen LogP contribution in [0.2, 0.25) is 0 Å². The van der Waals surface area contributed by atoms with Gasteiger partial charge in [-0.05, 0) is 37.1 Å². The lowest BCUT2D eigenvalue weighted by Gasteiger charge is -2.15. The molecule has 0 saturated heterocycles. The molecule has 1 atom stereocenters. The van der Waals surface area contributed by atoms with Gasteiger partial charge >= 0.3 is 0 Å². The maximum Gasteiger partial charge on any atom is 0.261 e. The van der Waals surface area contributed by atoms with E-state index in [4.69, 9.17) is 0 Å². The van der Waals surface area contributed by atoms with E-state index in [-0.39, 0.29) is 30.2 Å². The third-order valence-corrected chi connectivity index (χ3v) is 5.38. The predicted molar refractivity (Wildman–Crippen MR) is 112 cm³/mol. The highest BCUT2D eigenvalue weighted by atomic mass is 16.2. The minimum atomic E-state index is -0.354. The number of rotatable bonds is 5. The van der Waals surface area contributed by atoms with Gasteiger partial charge in [-0.1, -0.05) is 24.3 Å². The minimum Gasteiger partial charge on any atom is -0.341 e. The molecule has 30 heavy (non-hydrogen) atoms. The molecule has 0 aliphatic carbocycles. The van der Waals surface area contributed by atoms with E-state index in [1.807, 2.05) is 25.1 Å². The Morgan fingerprint density at radius 1 is 1.13 bits per heavy atom. The Hall–Kier alpha value is -3.92. The molecule has 0 radical (unpaired) electrons. The molecule has 150 valence electrons. The average Bonchev–Trinajstić information content (AvgIpc) is 3.20. The molecule has 1 aliphatic rings. The van der Waals surface area contributed by atoms with Crippen molar-refractivity contribution < 1.29 is 14.4 Å². The molecule has 7 heteroatoms. The van der Waals surface area contributed by atoms with E-state index in [0.717, 1.165) is 22.0 Å². The van der Waals surface area contributed by atoms with Crippen LogP contribution in [-0.4, -0.2) is 34.2 Å². The van der Waals surface area contributed by atoms with Gasteiger partial charge in [-0.3, -0.25) is 19.3 Å². The Balaban J connectivity index is 1.73. The van der Waals surface area contributed by atoms with Crippen LogP contribution in [0.3, 0.4) is 0 Å². The van der Waals surface area contributed by atoms with Gasteiger partial charge in [0.15, 0.2) is 0 Å². The number of nitrogens with zero attached hydrogens (tertiary/aromatic N) is 2. The second-order valence-corrected chi connectivity index (χ2v) is 7.34. The second kappa shape index (κ2) is 7.48. The van der Waals surface area contributed by atoms with Gasteiger partial charge in [0.25, 0.3) is 11.8 Å². The van der Waals surface area contributed by atoms with Crippen molar-refractivity contribution in [2.45, 2.75) is 26.2 Å². The molecule has 7 nitrogen and oxygen atoms in total. The first-order valence-corrected chi connectivity index (χ1v) is 9.68. The van der Waals surface area contributed by atoms with Crippen LogP contribution in [-0.2, 0) is 11.2 Å². The zero-order valence-corrected chi connectivity index (χ0v) is 16.7. The second-order valence-electron chi connectivity index (χ2n) is 7.34. The van der Waals surface area contributed by atoms with Crippen molar-refractivity contribution >= 4 is 34.4 Å². The van der Waals surface area contributed by atoms with Crippen LogP contribution in [0.25, 0.3) is 10.9 Å². The highest BCUT2D eigenvalue weighted by Gasteiger charge is 2.35. The predicted octanol–water partition coefficient (Wildman–Crippen LogP) is 3.59.